The molecule has 2 rings (SSSR count). The molecule has 0 spiro atoms. The van der Waals surface area contributed by atoms with Gasteiger partial charge in [0.05, 0.1) is 5.69 Å². The molecule has 20 heavy (non-hydrogen) atoms. The Balaban J connectivity index is 1.86. The van der Waals surface area contributed by atoms with E-state index in [1.54, 1.807) is 18.2 Å². The fourth-order valence-corrected chi connectivity index (χ4v) is 3.36. The number of sulfonamides is 1. The highest BCUT2D eigenvalue weighted by atomic mass is 32.2. The summed E-state index contributed by atoms with van der Waals surface area (Å²) in [7, 11) is -1.42. The minimum absolute atomic E-state index is 0.151. The van der Waals surface area contributed by atoms with Crippen molar-refractivity contribution in [1.29, 1.82) is 0 Å². The summed E-state index contributed by atoms with van der Waals surface area (Å²) in [5.41, 5.74) is 5.98. The van der Waals surface area contributed by atoms with E-state index < -0.39 is 10.0 Å². The van der Waals surface area contributed by atoms with Gasteiger partial charge in [0.1, 0.15) is 4.90 Å². The molecule has 1 heterocycles. The van der Waals surface area contributed by atoms with Crippen LogP contribution < -0.4 is 10.5 Å². The van der Waals surface area contributed by atoms with Gasteiger partial charge in [0.15, 0.2) is 0 Å². The monoisotopic (exact) mass is 298 g/mol. The number of benzene rings is 1. The van der Waals surface area contributed by atoms with Crippen LogP contribution in [-0.2, 0) is 10.0 Å². The third-order valence-corrected chi connectivity index (χ3v) is 5.06. The predicted molar refractivity (Wildman–Crippen MR) is 80.0 cm³/mol. The Bertz CT molecular complexity index is 539. The average Bonchev–Trinajstić information content (AvgIpc) is 2.41. The van der Waals surface area contributed by atoms with Gasteiger partial charge in [-0.2, -0.15) is 0 Å². The molecule has 0 unspecified atom stereocenters. The maximum atomic E-state index is 12.1. The van der Waals surface area contributed by atoms with E-state index in [0.29, 0.717) is 6.54 Å². The van der Waals surface area contributed by atoms with E-state index in [9.17, 15) is 8.42 Å². The Kier molecular flexibility index (Phi) is 4.98. The zero-order chi connectivity index (χ0) is 14.6. The zero-order valence-electron chi connectivity index (χ0n) is 11.7. The molecule has 1 aromatic carbocycles. The number of para-hydroxylation sites is 1. The van der Waals surface area contributed by atoms with E-state index >= 15 is 0 Å². The molecule has 0 radical (unpaired) electrons. The Morgan fingerprint density at radius 2 is 1.85 bits per heavy atom. The number of anilines is 1. The number of likely N-dealkylation sites (N-methyl/N-ethyl adjacent to an activating group) is 1. The summed E-state index contributed by atoms with van der Waals surface area (Å²) < 4.78 is 26.9. The van der Waals surface area contributed by atoms with Gasteiger partial charge in [-0.25, -0.2) is 13.1 Å². The maximum Gasteiger partial charge on any atom is 0.242 e. The number of nitrogens with zero attached hydrogens (tertiary/aromatic N) is 2. The molecule has 0 atom stereocenters. The van der Waals surface area contributed by atoms with Crippen LogP contribution in [-0.4, -0.2) is 64.5 Å². The van der Waals surface area contributed by atoms with Crippen LogP contribution in [0.25, 0.3) is 0 Å². The van der Waals surface area contributed by atoms with E-state index in [2.05, 4.69) is 21.6 Å². The first-order valence-electron chi connectivity index (χ1n) is 6.74. The predicted octanol–water partition coefficient (Wildman–Crippen LogP) is -0.205. The van der Waals surface area contributed by atoms with Gasteiger partial charge < -0.3 is 10.6 Å². The number of piperazine rings is 1. The lowest BCUT2D eigenvalue weighted by atomic mass is 10.3. The first-order chi connectivity index (χ1) is 9.49. The summed E-state index contributed by atoms with van der Waals surface area (Å²) in [5, 5.41) is 0. The molecule has 1 fully saturated rings. The van der Waals surface area contributed by atoms with Gasteiger partial charge in [0, 0.05) is 39.3 Å². The number of nitrogen functional groups attached to an aromatic ring is 1. The first kappa shape index (κ1) is 15.2. The van der Waals surface area contributed by atoms with Crippen LogP contribution in [0.5, 0.6) is 0 Å². The molecule has 1 aliphatic rings. The van der Waals surface area contributed by atoms with Crippen molar-refractivity contribution >= 4 is 15.7 Å². The number of nitrogens with one attached hydrogen (secondary N) is 1. The summed E-state index contributed by atoms with van der Waals surface area (Å²) >= 11 is 0. The second-order valence-corrected chi connectivity index (χ2v) is 6.82. The van der Waals surface area contributed by atoms with Gasteiger partial charge in [-0.05, 0) is 19.2 Å². The summed E-state index contributed by atoms with van der Waals surface area (Å²) in [6, 6.07) is 6.51. The van der Waals surface area contributed by atoms with Crippen molar-refractivity contribution in [3.63, 3.8) is 0 Å². The number of nitrogens with two attached hydrogens (primary N) is 1. The third-order valence-electron chi connectivity index (χ3n) is 3.52. The summed E-state index contributed by atoms with van der Waals surface area (Å²) in [6.45, 7) is 5.13. The van der Waals surface area contributed by atoms with Gasteiger partial charge in [-0.1, -0.05) is 12.1 Å². The summed E-state index contributed by atoms with van der Waals surface area (Å²) in [6.07, 6.45) is 0. The Morgan fingerprint density at radius 1 is 1.20 bits per heavy atom. The van der Waals surface area contributed by atoms with E-state index in [0.717, 1.165) is 32.7 Å². The van der Waals surface area contributed by atoms with Crippen LogP contribution in [0.4, 0.5) is 5.69 Å². The van der Waals surface area contributed by atoms with Crippen molar-refractivity contribution in [1.82, 2.24) is 14.5 Å². The minimum atomic E-state index is -3.51. The van der Waals surface area contributed by atoms with Crippen molar-refractivity contribution in [2.24, 2.45) is 0 Å². The van der Waals surface area contributed by atoms with Crippen LogP contribution in [0.2, 0.25) is 0 Å². The van der Waals surface area contributed by atoms with E-state index in [4.69, 9.17) is 5.73 Å². The SMILES string of the molecule is CN1CCN(CCNS(=O)(=O)c2ccccc2N)CC1. The molecule has 0 amide bonds. The molecule has 0 aliphatic carbocycles. The molecule has 7 heteroatoms. The molecular formula is C13H22N4O2S. The van der Waals surface area contributed by atoms with Gasteiger partial charge in [0.25, 0.3) is 0 Å². The largest absolute Gasteiger partial charge is 0.398 e. The molecule has 6 nitrogen and oxygen atoms in total. The van der Waals surface area contributed by atoms with Crippen molar-refractivity contribution in [3.8, 4) is 0 Å². The molecular weight excluding hydrogens is 276 g/mol. The number of hydrogen-bond donors (Lipinski definition) is 2. The zero-order valence-corrected chi connectivity index (χ0v) is 12.6. The van der Waals surface area contributed by atoms with Crippen LogP contribution in [0.15, 0.2) is 29.2 Å². The quantitative estimate of drug-likeness (QED) is 0.736. The molecule has 112 valence electrons. The fourth-order valence-electron chi connectivity index (χ4n) is 2.21. The second-order valence-electron chi connectivity index (χ2n) is 5.08. The van der Waals surface area contributed by atoms with Crippen LogP contribution in [0.1, 0.15) is 0 Å². The summed E-state index contributed by atoms with van der Waals surface area (Å²) in [4.78, 5) is 4.68. The van der Waals surface area contributed by atoms with Crippen molar-refractivity contribution < 1.29 is 8.42 Å². The standard InChI is InChI=1S/C13H22N4O2S/c1-16-8-10-17(11-9-16)7-6-15-20(18,19)13-5-3-2-4-12(13)14/h2-5,15H,6-11,14H2,1H3. The Labute approximate surface area is 120 Å². The molecule has 0 bridgehead atoms. The van der Waals surface area contributed by atoms with Gasteiger partial charge in [-0.15, -0.1) is 0 Å². The lowest BCUT2D eigenvalue weighted by Gasteiger charge is -2.32. The molecule has 3 N–H and O–H groups in total. The van der Waals surface area contributed by atoms with E-state index in [1.165, 1.54) is 6.07 Å². The van der Waals surface area contributed by atoms with E-state index in [1.807, 2.05) is 0 Å². The van der Waals surface area contributed by atoms with Gasteiger partial charge >= 0.3 is 0 Å². The molecule has 0 aromatic heterocycles. The van der Waals surface area contributed by atoms with Crippen LogP contribution in [0.3, 0.4) is 0 Å². The van der Waals surface area contributed by atoms with Crippen LogP contribution in [0, 0.1) is 0 Å². The second kappa shape index (κ2) is 6.53. The molecule has 1 aromatic rings. The Hall–Kier alpha value is -1.15. The summed E-state index contributed by atoms with van der Waals surface area (Å²) in [5.74, 6) is 0. The molecule has 0 saturated carbocycles. The van der Waals surface area contributed by atoms with Crippen molar-refractivity contribution in [3.05, 3.63) is 24.3 Å². The lowest BCUT2D eigenvalue weighted by Crippen LogP contribution is -2.46. The fraction of sp³-hybridized carbons (Fsp3) is 0.538. The average molecular weight is 298 g/mol. The topological polar surface area (TPSA) is 78.7 Å². The smallest absolute Gasteiger partial charge is 0.242 e. The molecule has 1 saturated heterocycles. The maximum absolute atomic E-state index is 12.1. The normalized spacial score (nSPS) is 18.2. The number of rotatable bonds is 5. The highest BCUT2D eigenvalue weighted by Gasteiger charge is 2.18. The highest BCUT2D eigenvalue weighted by molar-refractivity contribution is 7.89. The van der Waals surface area contributed by atoms with Gasteiger partial charge in [0.2, 0.25) is 10.0 Å². The number of hydrogen-bond acceptors (Lipinski definition) is 5. The van der Waals surface area contributed by atoms with Gasteiger partial charge in [-0.3, -0.25) is 4.90 Å². The van der Waals surface area contributed by atoms with E-state index in [-0.39, 0.29) is 10.6 Å². The molecule has 1 aliphatic heterocycles. The minimum Gasteiger partial charge on any atom is -0.398 e. The highest BCUT2D eigenvalue weighted by Crippen LogP contribution is 2.16. The van der Waals surface area contributed by atoms with Crippen molar-refractivity contribution in [2.45, 2.75) is 4.90 Å². The lowest BCUT2D eigenvalue weighted by molar-refractivity contribution is 0.156. The van der Waals surface area contributed by atoms with Crippen molar-refractivity contribution in [2.75, 3.05) is 52.0 Å². The Morgan fingerprint density at radius 3 is 2.50 bits per heavy atom. The first-order valence-corrected chi connectivity index (χ1v) is 8.22. The van der Waals surface area contributed by atoms with Crippen LogP contribution >= 0.6 is 0 Å². The third kappa shape index (κ3) is 3.92.